The summed E-state index contributed by atoms with van der Waals surface area (Å²) in [7, 11) is 0. The zero-order valence-corrected chi connectivity index (χ0v) is 8.67. The summed E-state index contributed by atoms with van der Waals surface area (Å²) < 4.78 is 1.82. The van der Waals surface area contributed by atoms with Crippen molar-refractivity contribution in [3.8, 4) is 0 Å². The number of aromatic nitrogens is 5. The van der Waals surface area contributed by atoms with E-state index < -0.39 is 0 Å². The number of aryl methyl sites for hydroxylation is 2. The molecule has 3 heterocycles. The predicted octanol–water partition coefficient (Wildman–Crippen LogP) is 1.40. The van der Waals surface area contributed by atoms with Crippen molar-refractivity contribution < 1.29 is 0 Å². The van der Waals surface area contributed by atoms with E-state index in [0.29, 0.717) is 0 Å². The number of fused-ring (bicyclic) bond motifs is 1. The molecule has 0 atom stereocenters. The van der Waals surface area contributed by atoms with Crippen LogP contribution in [0.25, 0.3) is 11.0 Å². The van der Waals surface area contributed by atoms with Crippen LogP contribution in [0.15, 0.2) is 37.2 Å². The van der Waals surface area contributed by atoms with E-state index in [1.165, 1.54) is 5.56 Å². The van der Waals surface area contributed by atoms with Gasteiger partial charge in [0.2, 0.25) is 0 Å². The van der Waals surface area contributed by atoms with Crippen molar-refractivity contribution >= 4 is 11.0 Å². The molecule has 0 aliphatic carbocycles. The van der Waals surface area contributed by atoms with Crippen LogP contribution in [0.5, 0.6) is 0 Å². The Labute approximate surface area is 92.2 Å². The van der Waals surface area contributed by atoms with Gasteiger partial charge in [-0.3, -0.25) is 4.68 Å². The highest BCUT2D eigenvalue weighted by atomic mass is 15.3. The SMILES string of the molecule is c1ncn(CCc2cnc3[nH]ccc3c2)n1. The average Bonchev–Trinajstić information content (AvgIpc) is 2.97. The summed E-state index contributed by atoms with van der Waals surface area (Å²) in [6, 6.07) is 4.18. The molecule has 1 N–H and O–H groups in total. The van der Waals surface area contributed by atoms with E-state index in [1.54, 1.807) is 12.7 Å². The topological polar surface area (TPSA) is 59.4 Å². The van der Waals surface area contributed by atoms with Crippen molar-refractivity contribution in [2.45, 2.75) is 13.0 Å². The number of H-pyrrole nitrogens is 1. The fourth-order valence-corrected chi connectivity index (χ4v) is 1.71. The van der Waals surface area contributed by atoms with Gasteiger partial charge < -0.3 is 4.98 Å². The molecule has 0 radical (unpaired) electrons. The Morgan fingerprint density at radius 3 is 3.25 bits per heavy atom. The molecule has 3 aromatic rings. The van der Waals surface area contributed by atoms with Crippen molar-refractivity contribution in [3.63, 3.8) is 0 Å². The third kappa shape index (κ3) is 1.67. The Kier molecular flexibility index (Phi) is 2.14. The monoisotopic (exact) mass is 213 g/mol. The van der Waals surface area contributed by atoms with E-state index in [9.17, 15) is 0 Å². The van der Waals surface area contributed by atoms with Crippen LogP contribution in [0.2, 0.25) is 0 Å². The summed E-state index contributed by atoms with van der Waals surface area (Å²) >= 11 is 0. The van der Waals surface area contributed by atoms with E-state index in [2.05, 4.69) is 26.1 Å². The number of pyridine rings is 1. The lowest BCUT2D eigenvalue weighted by atomic mass is 10.2. The predicted molar refractivity (Wildman–Crippen MR) is 59.8 cm³/mol. The first-order valence-corrected chi connectivity index (χ1v) is 5.16. The van der Waals surface area contributed by atoms with Crippen LogP contribution in [0.4, 0.5) is 0 Å². The second-order valence-electron chi connectivity index (χ2n) is 3.67. The number of rotatable bonds is 3. The van der Waals surface area contributed by atoms with Gasteiger partial charge in [-0.1, -0.05) is 0 Å². The molecule has 16 heavy (non-hydrogen) atoms. The normalized spacial score (nSPS) is 11.0. The van der Waals surface area contributed by atoms with Gasteiger partial charge in [0.05, 0.1) is 0 Å². The number of hydrogen-bond acceptors (Lipinski definition) is 3. The third-order valence-corrected chi connectivity index (χ3v) is 2.55. The first-order chi connectivity index (χ1) is 7.92. The molecule has 3 aromatic heterocycles. The molecule has 0 saturated heterocycles. The van der Waals surface area contributed by atoms with Gasteiger partial charge in [-0.25, -0.2) is 9.97 Å². The Hall–Kier alpha value is -2.17. The van der Waals surface area contributed by atoms with Crippen LogP contribution < -0.4 is 0 Å². The summed E-state index contributed by atoms with van der Waals surface area (Å²) in [4.78, 5) is 11.3. The van der Waals surface area contributed by atoms with Crippen LogP contribution in [0, 0.1) is 0 Å². The molecular formula is C11H11N5. The minimum absolute atomic E-state index is 0.831. The molecule has 0 unspecified atom stereocenters. The molecule has 0 saturated carbocycles. The van der Waals surface area contributed by atoms with Gasteiger partial charge in [0.25, 0.3) is 0 Å². The van der Waals surface area contributed by atoms with Gasteiger partial charge in [-0.15, -0.1) is 0 Å². The maximum absolute atomic E-state index is 4.34. The lowest BCUT2D eigenvalue weighted by Gasteiger charge is -2.01. The highest BCUT2D eigenvalue weighted by Crippen LogP contribution is 2.11. The summed E-state index contributed by atoms with van der Waals surface area (Å²) in [5, 5.41) is 5.21. The Morgan fingerprint density at radius 1 is 1.38 bits per heavy atom. The largest absolute Gasteiger partial charge is 0.346 e. The second-order valence-corrected chi connectivity index (χ2v) is 3.67. The van der Waals surface area contributed by atoms with E-state index in [1.807, 2.05) is 23.1 Å². The third-order valence-electron chi connectivity index (χ3n) is 2.55. The standard InChI is InChI=1S/C11H11N5/c1-3-13-11-10(1)5-9(6-14-11)2-4-16-8-12-7-15-16/h1,3,5-8H,2,4H2,(H,13,14). The maximum atomic E-state index is 4.34. The van der Waals surface area contributed by atoms with Crippen LogP contribution in [0.3, 0.4) is 0 Å². The molecule has 0 aliphatic rings. The fourth-order valence-electron chi connectivity index (χ4n) is 1.71. The Bertz CT molecular complexity index is 581. The Morgan fingerprint density at radius 2 is 2.38 bits per heavy atom. The smallest absolute Gasteiger partial charge is 0.137 e. The number of nitrogens with zero attached hydrogens (tertiary/aromatic N) is 4. The molecule has 0 amide bonds. The van der Waals surface area contributed by atoms with Crippen molar-refractivity contribution in [3.05, 3.63) is 42.7 Å². The lowest BCUT2D eigenvalue weighted by molar-refractivity contribution is 0.612. The molecule has 0 aliphatic heterocycles. The minimum atomic E-state index is 0.831. The average molecular weight is 213 g/mol. The van der Waals surface area contributed by atoms with Crippen molar-refractivity contribution in [1.82, 2.24) is 24.7 Å². The Balaban J connectivity index is 1.78. The fraction of sp³-hybridized carbons (Fsp3) is 0.182. The molecule has 5 nitrogen and oxygen atoms in total. The van der Waals surface area contributed by atoms with Gasteiger partial charge in [0.1, 0.15) is 18.3 Å². The van der Waals surface area contributed by atoms with Crippen molar-refractivity contribution in [2.24, 2.45) is 0 Å². The minimum Gasteiger partial charge on any atom is -0.346 e. The molecule has 3 rings (SSSR count). The lowest BCUT2D eigenvalue weighted by Crippen LogP contribution is -2.01. The van der Waals surface area contributed by atoms with Crippen LogP contribution in [0.1, 0.15) is 5.56 Å². The van der Waals surface area contributed by atoms with Crippen LogP contribution in [-0.4, -0.2) is 24.7 Å². The molecule has 0 fully saturated rings. The molecule has 80 valence electrons. The zero-order chi connectivity index (χ0) is 10.8. The summed E-state index contributed by atoms with van der Waals surface area (Å²) in [5.41, 5.74) is 2.15. The summed E-state index contributed by atoms with van der Waals surface area (Å²) in [6.45, 7) is 0.831. The first kappa shape index (κ1) is 9.08. The number of nitrogens with one attached hydrogen (secondary N) is 1. The van der Waals surface area contributed by atoms with Crippen LogP contribution >= 0.6 is 0 Å². The highest BCUT2D eigenvalue weighted by molar-refractivity contribution is 5.75. The van der Waals surface area contributed by atoms with E-state index in [0.717, 1.165) is 24.0 Å². The highest BCUT2D eigenvalue weighted by Gasteiger charge is 1.99. The van der Waals surface area contributed by atoms with Gasteiger partial charge in [-0.05, 0) is 24.1 Å². The molecular weight excluding hydrogens is 202 g/mol. The number of aromatic amines is 1. The first-order valence-electron chi connectivity index (χ1n) is 5.16. The summed E-state index contributed by atoms with van der Waals surface area (Å²) in [5.74, 6) is 0. The van der Waals surface area contributed by atoms with E-state index in [-0.39, 0.29) is 0 Å². The molecule has 5 heteroatoms. The number of hydrogen-bond donors (Lipinski definition) is 1. The van der Waals surface area contributed by atoms with Gasteiger partial charge >= 0.3 is 0 Å². The van der Waals surface area contributed by atoms with Gasteiger partial charge in [0.15, 0.2) is 0 Å². The van der Waals surface area contributed by atoms with Gasteiger partial charge in [-0.2, -0.15) is 5.10 Å². The van der Waals surface area contributed by atoms with Gasteiger partial charge in [0, 0.05) is 24.3 Å². The maximum Gasteiger partial charge on any atom is 0.137 e. The summed E-state index contributed by atoms with van der Waals surface area (Å²) in [6.07, 6.45) is 7.99. The quantitative estimate of drug-likeness (QED) is 0.715. The van der Waals surface area contributed by atoms with Crippen LogP contribution in [-0.2, 0) is 13.0 Å². The van der Waals surface area contributed by atoms with E-state index >= 15 is 0 Å². The zero-order valence-electron chi connectivity index (χ0n) is 8.67. The van der Waals surface area contributed by atoms with Crippen molar-refractivity contribution in [2.75, 3.05) is 0 Å². The molecule has 0 spiro atoms. The second kappa shape index (κ2) is 3.77. The van der Waals surface area contributed by atoms with E-state index in [4.69, 9.17) is 0 Å². The molecule has 0 bridgehead atoms. The van der Waals surface area contributed by atoms with Crippen molar-refractivity contribution in [1.29, 1.82) is 0 Å². The molecule has 0 aromatic carbocycles.